The van der Waals surface area contributed by atoms with E-state index in [1.165, 1.54) is 12.3 Å². The molecule has 0 unspecified atom stereocenters. The summed E-state index contributed by atoms with van der Waals surface area (Å²) in [5.41, 5.74) is 2.20. The van der Waals surface area contributed by atoms with Crippen molar-refractivity contribution < 1.29 is 9.18 Å². The van der Waals surface area contributed by atoms with Gasteiger partial charge in [0.1, 0.15) is 23.7 Å². The Morgan fingerprint density at radius 1 is 1.19 bits per heavy atom. The van der Waals surface area contributed by atoms with Gasteiger partial charge < -0.3 is 4.90 Å². The molecule has 9 heteroatoms. The van der Waals surface area contributed by atoms with Crippen LogP contribution in [0.1, 0.15) is 18.5 Å². The van der Waals surface area contributed by atoms with Gasteiger partial charge in [0, 0.05) is 43.6 Å². The van der Waals surface area contributed by atoms with Crippen LogP contribution in [0.4, 0.5) is 4.39 Å². The number of pyridine rings is 1. The number of carbonyl (C=O) groups excluding carboxylic acids is 1. The molecule has 5 heterocycles. The van der Waals surface area contributed by atoms with Gasteiger partial charge in [0.15, 0.2) is 5.82 Å². The molecule has 4 aromatic rings. The standard InChI is InChI=1S/C22H22FN7O/c23-17-4-5-20-25-12-19(30(20)14-17)22-24-8-6-18(27-22)11-16-3-1-9-28(13-16)21(31)15-29-10-2-7-26-29/h2,4-8,10,12,14,16H,1,3,9,11,13,15H2/t16-/m0/s1. The summed E-state index contributed by atoms with van der Waals surface area (Å²) in [5.74, 6) is 0.588. The number of aromatic nitrogens is 6. The fraction of sp³-hybridized carbons (Fsp3) is 0.318. The molecular formula is C22H22FN7O. The highest BCUT2D eigenvalue weighted by Gasteiger charge is 2.24. The van der Waals surface area contributed by atoms with Crippen molar-refractivity contribution in [2.24, 2.45) is 5.92 Å². The van der Waals surface area contributed by atoms with Crippen molar-refractivity contribution >= 4 is 11.6 Å². The molecule has 5 rings (SSSR count). The lowest BCUT2D eigenvalue weighted by molar-refractivity contribution is -0.133. The lowest BCUT2D eigenvalue weighted by Crippen LogP contribution is -2.42. The average Bonchev–Trinajstić information content (AvgIpc) is 3.43. The molecule has 1 atom stereocenters. The Kier molecular flexibility index (Phi) is 5.15. The third-order valence-corrected chi connectivity index (χ3v) is 5.64. The fourth-order valence-electron chi connectivity index (χ4n) is 4.14. The molecule has 1 aliphatic rings. The molecule has 0 saturated carbocycles. The molecule has 0 aromatic carbocycles. The number of carbonyl (C=O) groups is 1. The number of hydrogen-bond acceptors (Lipinski definition) is 5. The van der Waals surface area contributed by atoms with E-state index >= 15 is 0 Å². The van der Waals surface area contributed by atoms with Gasteiger partial charge in [-0.15, -0.1) is 0 Å². The third-order valence-electron chi connectivity index (χ3n) is 5.64. The molecule has 1 fully saturated rings. The average molecular weight is 419 g/mol. The minimum absolute atomic E-state index is 0.0875. The number of rotatable bonds is 5. The Morgan fingerprint density at radius 2 is 2.13 bits per heavy atom. The normalized spacial score (nSPS) is 16.7. The van der Waals surface area contributed by atoms with Crippen LogP contribution in [0.2, 0.25) is 0 Å². The SMILES string of the molecule is O=C(Cn1cccn1)N1CCC[C@@H](Cc2ccnc(-c3cnc4ccc(F)cn34)n2)C1. The van der Waals surface area contributed by atoms with Gasteiger partial charge in [-0.2, -0.15) is 5.10 Å². The highest BCUT2D eigenvalue weighted by atomic mass is 19.1. The summed E-state index contributed by atoms with van der Waals surface area (Å²) < 4.78 is 17.0. The predicted molar refractivity (Wildman–Crippen MR) is 111 cm³/mol. The van der Waals surface area contributed by atoms with Gasteiger partial charge in [0.2, 0.25) is 5.91 Å². The van der Waals surface area contributed by atoms with E-state index in [-0.39, 0.29) is 18.3 Å². The topological polar surface area (TPSA) is 81.2 Å². The van der Waals surface area contributed by atoms with E-state index in [9.17, 15) is 9.18 Å². The van der Waals surface area contributed by atoms with Crippen LogP contribution in [0.15, 0.2) is 55.2 Å². The van der Waals surface area contributed by atoms with Crippen LogP contribution in [0, 0.1) is 11.7 Å². The summed E-state index contributed by atoms with van der Waals surface area (Å²) in [6.07, 6.45) is 11.0. The van der Waals surface area contributed by atoms with Gasteiger partial charge in [-0.05, 0) is 49.4 Å². The van der Waals surface area contributed by atoms with Crippen LogP contribution < -0.4 is 0 Å². The Morgan fingerprint density at radius 3 is 3.00 bits per heavy atom. The second-order valence-corrected chi connectivity index (χ2v) is 7.85. The van der Waals surface area contributed by atoms with E-state index in [0.717, 1.165) is 31.5 Å². The Bertz CT molecular complexity index is 1200. The maximum absolute atomic E-state index is 13.7. The first-order valence-corrected chi connectivity index (χ1v) is 10.4. The van der Waals surface area contributed by atoms with Gasteiger partial charge in [-0.1, -0.05) is 0 Å². The molecule has 0 aliphatic carbocycles. The van der Waals surface area contributed by atoms with Crippen molar-refractivity contribution in [3.8, 4) is 11.5 Å². The van der Waals surface area contributed by atoms with Crippen LogP contribution in [0.3, 0.4) is 0 Å². The number of halogens is 1. The zero-order valence-electron chi connectivity index (χ0n) is 16.9. The molecule has 0 spiro atoms. The van der Waals surface area contributed by atoms with Crippen LogP contribution in [0.25, 0.3) is 17.2 Å². The van der Waals surface area contributed by atoms with E-state index < -0.39 is 0 Å². The van der Waals surface area contributed by atoms with E-state index in [0.29, 0.717) is 29.6 Å². The molecule has 8 nitrogen and oxygen atoms in total. The maximum Gasteiger partial charge on any atom is 0.244 e. The second kappa shape index (κ2) is 8.25. The molecule has 1 saturated heterocycles. The minimum Gasteiger partial charge on any atom is -0.341 e. The Hall–Kier alpha value is -3.62. The fourth-order valence-corrected chi connectivity index (χ4v) is 4.14. The first kappa shape index (κ1) is 19.3. The summed E-state index contributed by atoms with van der Waals surface area (Å²) >= 11 is 0. The molecule has 0 bridgehead atoms. The summed E-state index contributed by atoms with van der Waals surface area (Å²) in [7, 11) is 0. The summed E-state index contributed by atoms with van der Waals surface area (Å²) in [6, 6.07) is 6.72. The zero-order valence-corrected chi connectivity index (χ0v) is 16.9. The molecule has 158 valence electrons. The number of fused-ring (bicyclic) bond motifs is 1. The monoisotopic (exact) mass is 419 g/mol. The molecule has 1 amide bonds. The van der Waals surface area contributed by atoms with Gasteiger partial charge in [-0.3, -0.25) is 13.9 Å². The number of amides is 1. The highest BCUT2D eigenvalue weighted by Crippen LogP contribution is 2.22. The molecular weight excluding hydrogens is 397 g/mol. The number of piperidine rings is 1. The summed E-state index contributed by atoms with van der Waals surface area (Å²) in [4.78, 5) is 27.9. The van der Waals surface area contributed by atoms with Crippen LogP contribution in [-0.4, -0.2) is 53.0 Å². The van der Waals surface area contributed by atoms with Crippen molar-refractivity contribution in [3.05, 3.63) is 66.8 Å². The molecule has 1 aliphatic heterocycles. The summed E-state index contributed by atoms with van der Waals surface area (Å²) in [5, 5.41) is 4.12. The van der Waals surface area contributed by atoms with E-state index in [4.69, 9.17) is 4.98 Å². The number of imidazole rings is 1. The van der Waals surface area contributed by atoms with Gasteiger partial charge in [0.05, 0.1) is 6.20 Å². The summed E-state index contributed by atoms with van der Waals surface area (Å²) in [6.45, 7) is 1.75. The van der Waals surface area contributed by atoms with Crippen molar-refractivity contribution in [1.29, 1.82) is 0 Å². The first-order chi connectivity index (χ1) is 15.2. The van der Waals surface area contributed by atoms with Crippen molar-refractivity contribution in [2.75, 3.05) is 13.1 Å². The zero-order chi connectivity index (χ0) is 21.2. The van der Waals surface area contributed by atoms with E-state index in [1.54, 1.807) is 39.9 Å². The Labute approximate surface area is 178 Å². The molecule has 4 aromatic heterocycles. The van der Waals surface area contributed by atoms with Crippen molar-refractivity contribution in [3.63, 3.8) is 0 Å². The van der Waals surface area contributed by atoms with Crippen molar-refractivity contribution in [2.45, 2.75) is 25.8 Å². The first-order valence-electron chi connectivity index (χ1n) is 10.4. The van der Waals surface area contributed by atoms with Crippen LogP contribution >= 0.6 is 0 Å². The smallest absolute Gasteiger partial charge is 0.244 e. The maximum atomic E-state index is 13.7. The van der Waals surface area contributed by atoms with Crippen LogP contribution in [-0.2, 0) is 17.8 Å². The molecule has 31 heavy (non-hydrogen) atoms. The lowest BCUT2D eigenvalue weighted by Gasteiger charge is -2.32. The van der Waals surface area contributed by atoms with Gasteiger partial charge >= 0.3 is 0 Å². The van der Waals surface area contributed by atoms with E-state index in [1.807, 2.05) is 17.0 Å². The largest absolute Gasteiger partial charge is 0.341 e. The molecule has 0 radical (unpaired) electrons. The number of likely N-dealkylation sites (tertiary alicyclic amines) is 1. The second-order valence-electron chi connectivity index (χ2n) is 7.85. The number of nitrogens with zero attached hydrogens (tertiary/aromatic N) is 7. The van der Waals surface area contributed by atoms with Gasteiger partial charge in [0.25, 0.3) is 0 Å². The molecule has 0 N–H and O–H groups in total. The third kappa shape index (κ3) is 4.16. The van der Waals surface area contributed by atoms with Gasteiger partial charge in [-0.25, -0.2) is 19.3 Å². The quantitative estimate of drug-likeness (QED) is 0.497. The Balaban J connectivity index is 1.30. The minimum atomic E-state index is -0.343. The van der Waals surface area contributed by atoms with Crippen molar-refractivity contribution in [1.82, 2.24) is 34.0 Å². The highest BCUT2D eigenvalue weighted by molar-refractivity contribution is 5.76. The van der Waals surface area contributed by atoms with Crippen LogP contribution in [0.5, 0.6) is 0 Å². The van der Waals surface area contributed by atoms with E-state index in [2.05, 4.69) is 15.1 Å². The number of hydrogen-bond donors (Lipinski definition) is 0. The predicted octanol–water partition coefficient (Wildman–Crippen LogP) is 2.61. The lowest BCUT2D eigenvalue weighted by atomic mass is 9.93.